The molecule has 1 heterocycles. The second-order valence-electron chi connectivity index (χ2n) is 9.85. The molecule has 1 fully saturated rings. The number of carbonyl (C=O) groups is 2. The maximum Gasteiger partial charge on any atom is 0.227 e. The van der Waals surface area contributed by atoms with Gasteiger partial charge in [-0.15, -0.1) is 0 Å². The number of piperidine rings is 1. The van der Waals surface area contributed by atoms with E-state index in [1.165, 1.54) is 11.1 Å². The smallest absolute Gasteiger partial charge is 0.227 e. The van der Waals surface area contributed by atoms with Crippen LogP contribution >= 0.6 is 0 Å². The zero-order valence-electron chi connectivity index (χ0n) is 21.3. The van der Waals surface area contributed by atoms with Crippen LogP contribution in [0.5, 0.6) is 0 Å². The summed E-state index contributed by atoms with van der Waals surface area (Å²) in [4.78, 5) is 27.2. The van der Waals surface area contributed by atoms with Gasteiger partial charge in [0.25, 0.3) is 0 Å². The van der Waals surface area contributed by atoms with Crippen LogP contribution in [0, 0.1) is 12.8 Å². The van der Waals surface area contributed by atoms with E-state index < -0.39 is 0 Å². The van der Waals surface area contributed by atoms with Gasteiger partial charge in [0.15, 0.2) is 0 Å². The van der Waals surface area contributed by atoms with E-state index in [1.54, 1.807) is 0 Å². The van der Waals surface area contributed by atoms with Crippen LogP contribution in [0.1, 0.15) is 75.0 Å². The molecule has 0 bridgehead atoms. The van der Waals surface area contributed by atoms with E-state index in [4.69, 9.17) is 0 Å². The minimum atomic E-state index is -0.0683. The van der Waals surface area contributed by atoms with Gasteiger partial charge < -0.3 is 15.5 Å². The Labute approximate surface area is 205 Å². The predicted molar refractivity (Wildman–Crippen MR) is 140 cm³/mol. The molecule has 1 aliphatic heterocycles. The first-order chi connectivity index (χ1) is 16.4. The number of nitrogens with one attached hydrogen (secondary N) is 2. The number of hydrogen-bond donors (Lipinski definition) is 2. The van der Waals surface area contributed by atoms with Crippen molar-refractivity contribution in [2.24, 2.45) is 5.92 Å². The standard InChI is InChI=1S/C29H41N3O2/c1-5-26(23-10-7-6-8-11-23)29(34)30-16-9-17-32-18-14-24(15-19-32)27-20-25(13-12-22(27)4)31-28(33)21(2)3/h6-8,10-13,20-21,24,26H,5,9,14-19H2,1-4H3,(H,30,34)(H,31,33)/t26-/m1/s1. The minimum Gasteiger partial charge on any atom is -0.356 e. The zero-order valence-corrected chi connectivity index (χ0v) is 21.3. The molecule has 1 saturated heterocycles. The Balaban J connectivity index is 1.42. The molecular weight excluding hydrogens is 422 g/mol. The number of nitrogens with zero attached hydrogens (tertiary/aromatic N) is 1. The van der Waals surface area contributed by atoms with Crippen LogP contribution in [0.15, 0.2) is 48.5 Å². The summed E-state index contributed by atoms with van der Waals surface area (Å²) in [5.74, 6) is 0.631. The maximum atomic E-state index is 12.6. The number of anilines is 1. The van der Waals surface area contributed by atoms with Gasteiger partial charge in [0.05, 0.1) is 5.92 Å². The second kappa shape index (κ2) is 12.7. The molecule has 0 saturated carbocycles. The van der Waals surface area contributed by atoms with Gasteiger partial charge in [0.2, 0.25) is 11.8 Å². The van der Waals surface area contributed by atoms with Crippen LogP contribution in [-0.4, -0.2) is 42.9 Å². The number of rotatable bonds is 10. The van der Waals surface area contributed by atoms with Gasteiger partial charge in [0.1, 0.15) is 0 Å². The first-order valence-electron chi connectivity index (χ1n) is 12.9. The number of amides is 2. The summed E-state index contributed by atoms with van der Waals surface area (Å²) in [7, 11) is 0. The van der Waals surface area contributed by atoms with Crippen molar-refractivity contribution in [3.05, 3.63) is 65.2 Å². The van der Waals surface area contributed by atoms with E-state index in [2.05, 4.69) is 41.5 Å². The molecule has 2 aromatic carbocycles. The van der Waals surface area contributed by atoms with E-state index in [0.29, 0.717) is 5.92 Å². The molecule has 5 nitrogen and oxygen atoms in total. The van der Waals surface area contributed by atoms with Crippen LogP contribution in [-0.2, 0) is 9.59 Å². The van der Waals surface area contributed by atoms with Crippen LogP contribution in [0.4, 0.5) is 5.69 Å². The summed E-state index contributed by atoms with van der Waals surface area (Å²) in [6, 6.07) is 16.3. The second-order valence-corrected chi connectivity index (χ2v) is 9.85. The lowest BCUT2D eigenvalue weighted by Gasteiger charge is -2.33. The van der Waals surface area contributed by atoms with Crippen molar-refractivity contribution in [2.75, 3.05) is 31.5 Å². The Bertz CT molecular complexity index is 934. The van der Waals surface area contributed by atoms with Crippen molar-refractivity contribution < 1.29 is 9.59 Å². The molecule has 2 amide bonds. The number of aryl methyl sites for hydroxylation is 1. The van der Waals surface area contributed by atoms with Gasteiger partial charge in [-0.25, -0.2) is 0 Å². The molecule has 1 aliphatic rings. The van der Waals surface area contributed by atoms with Crippen molar-refractivity contribution in [1.29, 1.82) is 0 Å². The van der Waals surface area contributed by atoms with E-state index in [0.717, 1.165) is 63.1 Å². The molecule has 2 aromatic rings. The van der Waals surface area contributed by atoms with E-state index in [-0.39, 0.29) is 23.7 Å². The highest BCUT2D eigenvalue weighted by atomic mass is 16.2. The predicted octanol–water partition coefficient (Wildman–Crippen LogP) is 5.47. The number of hydrogen-bond acceptors (Lipinski definition) is 3. The summed E-state index contributed by atoms with van der Waals surface area (Å²) < 4.78 is 0. The van der Waals surface area contributed by atoms with Crippen LogP contribution in [0.25, 0.3) is 0 Å². The maximum absolute atomic E-state index is 12.6. The largest absolute Gasteiger partial charge is 0.356 e. The fourth-order valence-electron chi connectivity index (χ4n) is 4.81. The van der Waals surface area contributed by atoms with Crippen molar-refractivity contribution in [3.63, 3.8) is 0 Å². The van der Waals surface area contributed by atoms with Gasteiger partial charge in [-0.05, 0) is 87.0 Å². The van der Waals surface area contributed by atoms with Crippen molar-refractivity contribution in [2.45, 2.75) is 65.2 Å². The Morgan fingerprint density at radius 2 is 1.74 bits per heavy atom. The van der Waals surface area contributed by atoms with E-state index >= 15 is 0 Å². The Morgan fingerprint density at radius 3 is 2.38 bits per heavy atom. The molecule has 0 aromatic heterocycles. The van der Waals surface area contributed by atoms with Gasteiger partial charge in [0, 0.05) is 18.2 Å². The number of likely N-dealkylation sites (tertiary alicyclic amines) is 1. The third-order valence-corrected chi connectivity index (χ3v) is 6.98. The third-order valence-electron chi connectivity index (χ3n) is 6.98. The molecule has 0 radical (unpaired) electrons. The normalized spacial score (nSPS) is 15.8. The Morgan fingerprint density at radius 1 is 1.03 bits per heavy atom. The lowest BCUT2D eigenvalue weighted by Crippen LogP contribution is -2.36. The van der Waals surface area contributed by atoms with Gasteiger partial charge in [-0.2, -0.15) is 0 Å². The molecular formula is C29H41N3O2. The van der Waals surface area contributed by atoms with Crippen LogP contribution in [0.2, 0.25) is 0 Å². The summed E-state index contributed by atoms with van der Waals surface area (Å²) in [5.41, 5.74) is 4.65. The molecule has 0 unspecified atom stereocenters. The Hall–Kier alpha value is -2.66. The van der Waals surface area contributed by atoms with Crippen LogP contribution < -0.4 is 10.6 Å². The van der Waals surface area contributed by atoms with Gasteiger partial charge >= 0.3 is 0 Å². The van der Waals surface area contributed by atoms with E-state index in [1.807, 2.05) is 50.2 Å². The first-order valence-corrected chi connectivity index (χ1v) is 12.9. The van der Waals surface area contributed by atoms with Crippen molar-refractivity contribution in [3.8, 4) is 0 Å². The lowest BCUT2D eigenvalue weighted by atomic mass is 9.86. The molecule has 34 heavy (non-hydrogen) atoms. The van der Waals surface area contributed by atoms with E-state index in [9.17, 15) is 9.59 Å². The highest BCUT2D eigenvalue weighted by molar-refractivity contribution is 5.92. The zero-order chi connectivity index (χ0) is 24.5. The molecule has 0 aliphatic carbocycles. The molecule has 1 atom stereocenters. The average molecular weight is 464 g/mol. The van der Waals surface area contributed by atoms with Crippen molar-refractivity contribution in [1.82, 2.24) is 10.2 Å². The highest BCUT2D eigenvalue weighted by Gasteiger charge is 2.23. The summed E-state index contributed by atoms with van der Waals surface area (Å²) in [6.07, 6.45) is 4.03. The highest BCUT2D eigenvalue weighted by Crippen LogP contribution is 2.32. The summed E-state index contributed by atoms with van der Waals surface area (Å²) >= 11 is 0. The van der Waals surface area contributed by atoms with Crippen molar-refractivity contribution >= 4 is 17.5 Å². The first kappa shape index (κ1) is 26.0. The monoisotopic (exact) mass is 463 g/mol. The van der Waals surface area contributed by atoms with Gasteiger partial charge in [-0.3, -0.25) is 9.59 Å². The minimum absolute atomic E-state index is 0.0241. The van der Waals surface area contributed by atoms with Gasteiger partial charge in [-0.1, -0.05) is 57.2 Å². The summed E-state index contributed by atoms with van der Waals surface area (Å²) in [5, 5.41) is 6.18. The van der Waals surface area contributed by atoms with Crippen LogP contribution in [0.3, 0.4) is 0 Å². The average Bonchev–Trinajstić information content (AvgIpc) is 2.84. The molecule has 3 rings (SSSR count). The third kappa shape index (κ3) is 7.17. The molecule has 184 valence electrons. The topological polar surface area (TPSA) is 61.4 Å². The fourth-order valence-corrected chi connectivity index (χ4v) is 4.81. The fraction of sp³-hybridized carbons (Fsp3) is 0.517. The Kier molecular flexibility index (Phi) is 9.70. The molecule has 2 N–H and O–H groups in total. The molecule has 0 spiro atoms. The lowest BCUT2D eigenvalue weighted by molar-refractivity contribution is -0.122. The number of carbonyl (C=O) groups excluding carboxylic acids is 2. The quantitative estimate of drug-likeness (QED) is 0.459. The molecule has 5 heteroatoms. The SMILES string of the molecule is CC[C@@H](C(=O)NCCCN1CCC(c2cc(NC(=O)C(C)C)ccc2C)CC1)c1ccccc1. The summed E-state index contributed by atoms with van der Waals surface area (Å²) in [6.45, 7) is 11.9. The number of benzene rings is 2.